The number of alkyl halides is 2. The molecule has 3 aromatic rings. The topological polar surface area (TPSA) is 129 Å². The van der Waals surface area contributed by atoms with Gasteiger partial charge >= 0.3 is 0 Å². The van der Waals surface area contributed by atoms with Gasteiger partial charge in [0.25, 0.3) is 23.3 Å². The van der Waals surface area contributed by atoms with Crippen LogP contribution >= 0.6 is 0 Å². The number of aromatic nitrogens is 2. The maximum Gasteiger partial charge on any atom is 0.282 e. The molecule has 1 atom stereocenters. The van der Waals surface area contributed by atoms with Gasteiger partial charge in [0.05, 0.1) is 30.8 Å². The second-order valence-corrected chi connectivity index (χ2v) is 12.2. The van der Waals surface area contributed by atoms with E-state index in [-0.39, 0.29) is 46.1 Å². The van der Waals surface area contributed by atoms with Crippen molar-refractivity contribution in [1.29, 1.82) is 5.26 Å². The highest BCUT2D eigenvalue weighted by Crippen LogP contribution is 2.42. The van der Waals surface area contributed by atoms with E-state index in [4.69, 9.17) is 4.74 Å². The molecule has 3 aliphatic rings. The number of hydrogen-bond donors (Lipinski definition) is 2. The zero-order valence-electron chi connectivity index (χ0n) is 25.1. The molecule has 0 spiro atoms. The van der Waals surface area contributed by atoms with Gasteiger partial charge in [-0.3, -0.25) is 14.4 Å². The Labute approximate surface area is 259 Å². The first-order valence-electron chi connectivity index (χ1n) is 15.1. The first-order chi connectivity index (χ1) is 21.5. The number of amides is 2. The van der Waals surface area contributed by atoms with E-state index in [1.807, 2.05) is 19.1 Å². The molecule has 0 bridgehead atoms. The molecule has 45 heavy (non-hydrogen) atoms. The molecule has 1 aromatic carbocycles. The number of carbonyl (C=O) groups is 2. The van der Waals surface area contributed by atoms with Crippen molar-refractivity contribution in [1.82, 2.24) is 19.8 Å². The predicted molar refractivity (Wildman–Crippen MR) is 162 cm³/mol. The lowest BCUT2D eigenvalue weighted by molar-refractivity contribution is -0.113. The SMILES string of the molecule is CO[C@@H](C)CNCc1cc(C(=O)Nc2cc(-c3ccc(C#N)cc3C(=O)N3CC(F)(F)C3)cc(C3CC3)n2)c(=O)n(C2CC2)c1. The minimum absolute atomic E-state index is 0.000105. The molecule has 2 aromatic heterocycles. The molecule has 2 saturated carbocycles. The molecule has 0 radical (unpaired) electrons. The zero-order chi connectivity index (χ0) is 31.9. The first-order valence-corrected chi connectivity index (χ1v) is 15.1. The minimum atomic E-state index is -2.94. The van der Waals surface area contributed by atoms with Crippen LogP contribution in [0.5, 0.6) is 0 Å². The number of rotatable bonds is 11. The molecule has 12 heteroatoms. The van der Waals surface area contributed by atoms with Crippen LogP contribution in [0.2, 0.25) is 0 Å². The van der Waals surface area contributed by atoms with Crippen molar-refractivity contribution in [2.75, 3.05) is 32.1 Å². The minimum Gasteiger partial charge on any atom is -0.380 e. The largest absolute Gasteiger partial charge is 0.380 e. The monoisotopic (exact) mass is 616 g/mol. The van der Waals surface area contributed by atoms with Crippen molar-refractivity contribution in [3.63, 3.8) is 0 Å². The number of carbonyl (C=O) groups excluding carboxylic acids is 2. The normalized spacial score (nSPS) is 17.7. The molecule has 0 unspecified atom stereocenters. The fraction of sp³-hybridized carbons (Fsp3) is 0.424. The lowest BCUT2D eigenvalue weighted by atomic mass is 9.95. The van der Waals surface area contributed by atoms with Gasteiger partial charge < -0.3 is 24.8 Å². The van der Waals surface area contributed by atoms with Crippen LogP contribution < -0.4 is 16.2 Å². The maximum absolute atomic E-state index is 13.6. The lowest BCUT2D eigenvalue weighted by Crippen LogP contribution is -2.58. The second-order valence-electron chi connectivity index (χ2n) is 12.2. The van der Waals surface area contributed by atoms with Gasteiger partial charge in [-0.25, -0.2) is 13.8 Å². The van der Waals surface area contributed by atoms with Crippen molar-refractivity contribution in [3.05, 3.63) is 80.9 Å². The third-order valence-corrected chi connectivity index (χ3v) is 8.35. The van der Waals surface area contributed by atoms with Crippen molar-refractivity contribution in [2.45, 2.75) is 63.1 Å². The standard InChI is InChI=1S/C33H34F2N6O4/c1-19(45-2)14-37-15-21-10-27(32(44)41(16-21)24-6-7-24)30(42)39-29-12-23(11-28(38-29)22-4-5-22)25-8-3-20(13-36)9-26(25)31(43)40-17-33(34,35)18-40/h3,8-12,16,19,22,24,37H,4-7,14-15,17-18H2,1-2H3,(H,38,39,42)/t19-/m0/s1. The van der Waals surface area contributed by atoms with Crippen LogP contribution in [-0.2, 0) is 11.3 Å². The number of pyridine rings is 2. The summed E-state index contributed by atoms with van der Waals surface area (Å²) in [7, 11) is 1.63. The number of benzene rings is 1. The molecule has 234 valence electrons. The summed E-state index contributed by atoms with van der Waals surface area (Å²) < 4.78 is 34.1. The fourth-order valence-electron chi connectivity index (χ4n) is 5.46. The Balaban J connectivity index is 1.32. The summed E-state index contributed by atoms with van der Waals surface area (Å²) in [6.07, 6.45) is 5.35. The highest BCUT2D eigenvalue weighted by atomic mass is 19.3. The number of nitriles is 1. The summed E-state index contributed by atoms with van der Waals surface area (Å²) >= 11 is 0. The summed E-state index contributed by atoms with van der Waals surface area (Å²) in [5.41, 5.74) is 2.42. The molecule has 1 aliphatic heterocycles. The average Bonchev–Trinajstić information content (AvgIpc) is 3.93. The third kappa shape index (κ3) is 6.79. The maximum atomic E-state index is 13.6. The van der Waals surface area contributed by atoms with Crippen molar-refractivity contribution in [2.24, 2.45) is 0 Å². The number of ether oxygens (including phenoxy) is 1. The van der Waals surface area contributed by atoms with Crippen LogP contribution in [0.25, 0.3) is 11.1 Å². The Morgan fingerprint density at radius 3 is 2.53 bits per heavy atom. The van der Waals surface area contributed by atoms with E-state index in [0.29, 0.717) is 29.9 Å². The Kier molecular flexibility index (Phi) is 8.24. The van der Waals surface area contributed by atoms with E-state index in [0.717, 1.165) is 36.1 Å². The van der Waals surface area contributed by atoms with E-state index in [2.05, 4.69) is 15.6 Å². The van der Waals surface area contributed by atoms with Gasteiger partial charge in [0.15, 0.2) is 0 Å². The number of halogens is 2. The van der Waals surface area contributed by atoms with E-state index >= 15 is 0 Å². The fourth-order valence-corrected chi connectivity index (χ4v) is 5.46. The molecular formula is C33H34F2N6O4. The van der Waals surface area contributed by atoms with Crippen LogP contribution in [0.1, 0.15) is 82.1 Å². The zero-order valence-corrected chi connectivity index (χ0v) is 25.1. The molecular weight excluding hydrogens is 582 g/mol. The molecule has 2 aliphatic carbocycles. The number of anilines is 1. The van der Waals surface area contributed by atoms with Gasteiger partial charge in [-0.05, 0) is 79.6 Å². The summed E-state index contributed by atoms with van der Waals surface area (Å²) in [6, 6.07) is 11.6. The summed E-state index contributed by atoms with van der Waals surface area (Å²) in [6.45, 7) is 1.60. The molecule has 2 N–H and O–H groups in total. The number of nitrogens with one attached hydrogen (secondary N) is 2. The van der Waals surface area contributed by atoms with E-state index in [1.54, 1.807) is 42.1 Å². The molecule has 3 heterocycles. The van der Waals surface area contributed by atoms with E-state index in [1.165, 1.54) is 6.07 Å². The van der Waals surface area contributed by atoms with Crippen molar-refractivity contribution in [3.8, 4) is 17.2 Å². The molecule has 1 saturated heterocycles. The molecule has 10 nitrogen and oxygen atoms in total. The molecule has 2 amide bonds. The van der Waals surface area contributed by atoms with E-state index in [9.17, 15) is 28.4 Å². The average molecular weight is 617 g/mol. The number of likely N-dealkylation sites (tertiary alicyclic amines) is 1. The smallest absolute Gasteiger partial charge is 0.282 e. The summed E-state index contributed by atoms with van der Waals surface area (Å²) in [4.78, 5) is 46.0. The van der Waals surface area contributed by atoms with E-state index < -0.39 is 30.8 Å². The van der Waals surface area contributed by atoms with Crippen molar-refractivity contribution >= 4 is 17.6 Å². The Morgan fingerprint density at radius 2 is 1.89 bits per heavy atom. The summed E-state index contributed by atoms with van der Waals surface area (Å²) in [5.74, 6) is -3.78. The number of hydrogen-bond acceptors (Lipinski definition) is 7. The van der Waals surface area contributed by atoms with Crippen molar-refractivity contribution < 1.29 is 23.1 Å². The van der Waals surface area contributed by atoms with Gasteiger partial charge in [-0.15, -0.1) is 0 Å². The van der Waals surface area contributed by atoms with Crippen LogP contribution in [0.4, 0.5) is 14.6 Å². The van der Waals surface area contributed by atoms with Gasteiger partial charge in [-0.2, -0.15) is 5.26 Å². The second kappa shape index (κ2) is 12.1. The lowest BCUT2D eigenvalue weighted by Gasteiger charge is -2.39. The van der Waals surface area contributed by atoms with Gasteiger partial charge in [0.1, 0.15) is 11.4 Å². The number of methoxy groups -OCH3 is 1. The highest BCUT2D eigenvalue weighted by Gasteiger charge is 2.46. The highest BCUT2D eigenvalue weighted by molar-refractivity contribution is 6.05. The number of nitrogens with zero attached hydrogens (tertiary/aromatic N) is 4. The van der Waals surface area contributed by atoms with Gasteiger partial charge in [0.2, 0.25) is 0 Å². The van der Waals surface area contributed by atoms with Crippen LogP contribution in [-0.4, -0.2) is 65.0 Å². The van der Waals surface area contributed by atoms with Crippen LogP contribution in [0, 0.1) is 11.3 Å². The first kappa shape index (κ1) is 30.6. The quantitative estimate of drug-likeness (QED) is 0.325. The Bertz CT molecular complexity index is 1750. The predicted octanol–water partition coefficient (Wildman–Crippen LogP) is 4.46. The third-order valence-electron chi connectivity index (χ3n) is 8.35. The Hall–Kier alpha value is -4.47. The molecule has 6 rings (SSSR count). The van der Waals surface area contributed by atoms with Crippen LogP contribution in [0.3, 0.4) is 0 Å². The molecule has 3 fully saturated rings. The van der Waals surface area contributed by atoms with Gasteiger partial charge in [0, 0.05) is 49.6 Å². The Morgan fingerprint density at radius 1 is 1.13 bits per heavy atom. The van der Waals surface area contributed by atoms with Crippen LogP contribution in [0.15, 0.2) is 47.4 Å². The van der Waals surface area contributed by atoms with Gasteiger partial charge in [-0.1, -0.05) is 6.07 Å². The summed E-state index contributed by atoms with van der Waals surface area (Å²) in [5, 5.41) is 15.6.